The Kier molecular flexibility index (Phi) is 4.94. The van der Waals surface area contributed by atoms with Crippen LogP contribution in [0, 0.1) is 5.92 Å². The summed E-state index contributed by atoms with van der Waals surface area (Å²) in [7, 11) is 1.95. The fourth-order valence-electron chi connectivity index (χ4n) is 2.34. The minimum absolute atomic E-state index is 0.205. The highest BCUT2D eigenvalue weighted by molar-refractivity contribution is 9.10. The van der Waals surface area contributed by atoms with Gasteiger partial charge in [0, 0.05) is 16.1 Å². The average molecular weight is 338 g/mol. The first-order valence-corrected chi connectivity index (χ1v) is 7.59. The predicted molar refractivity (Wildman–Crippen MR) is 83.5 cm³/mol. The van der Waals surface area contributed by atoms with Crippen LogP contribution < -0.4 is 5.32 Å². The molecule has 5 heteroatoms. The van der Waals surface area contributed by atoms with E-state index in [4.69, 9.17) is 4.52 Å². The predicted octanol–water partition coefficient (Wildman–Crippen LogP) is 3.85. The van der Waals surface area contributed by atoms with Crippen molar-refractivity contribution in [1.29, 1.82) is 0 Å². The third kappa shape index (κ3) is 3.27. The molecule has 0 radical (unpaired) electrons. The van der Waals surface area contributed by atoms with E-state index in [9.17, 15) is 0 Å². The van der Waals surface area contributed by atoms with E-state index in [1.165, 1.54) is 0 Å². The largest absolute Gasteiger partial charge is 0.339 e. The lowest BCUT2D eigenvalue weighted by Gasteiger charge is -2.23. The molecule has 0 saturated carbocycles. The molecular formula is C15H20BrN3O. The van der Waals surface area contributed by atoms with Gasteiger partial charge in [-0.25, -0.2) is 0 Å². The van der Waals surface area contributed by atoms with Gasteiger partial charge in [0.2, 0.25) is 11.7 Å². The van der Waals surface area contributed by atoms with Gasteiger partial charge in [0.25, 0.3) is 0 Å². The Morgan fingerprint density at radius 3 is 2.35 bits per heavy atom. The van der Waals surface area contributed by atoms with Crippen LogP contribution in [-0.2, 0) is 0 Å². The fraction of sp³-hybridized carbons (Fsp3) is 0.467. The number of likely N-dealkylation sites (N-methyl/N-ethyl adjacent to an activating group) is 1. The van der Waals surface area contributed by atoms with Crippen LogP contribution in [0.3, 0.4) is 0 Å². The standard InChI is InChI=1S/C15H20BrN3O/c1-9(2)13(10(3)17-4)15-18-14(19-20-15)11-5-7-12(16)8-6-11/h5-10,13,17H,1-4H3. The molecule has 20 heavy (non-hydrogen) atoms. The van der Waals surface area contributed by atoms with Crippen molar-refractivity contribution < 1.29 is 4.52 Å². The highest BCUT2D eigenvalue weighted by atomic mass is 79.9. The third-order valence-electron chi connectivity index (χ3n) is 3.54. The van der Waals surface area contributed by atoms with Gasteiger partial charge < -0.3 is 9.84 Å². The van der Waals surface area contributed by atoms with Crippen LogP contribution in [-0.4, -0.2) is 23.2 Å². The summed E-state index contributed by atoms with van der Waals surface area (Å²) in [5.41, 5.74) is 0.961. The second-order valence-corrected chi connectivity index (χ2v) is 6.23. The summed E-state index contributed by atoms with van der Waals surface area (Å²) in [6.07, 6.45) is 0. The molecule has 2 unspecified atom stereocenters. The summed E-state index contributed by atoms with van der Waals surface area (Å²) in [5.74, 6) is 1.97. The summed E-state index contributed by atoms with van der Waals surface area (Å²) in [5, 5.41) is 7.37. The first-order chi connectivity index (χ1) is 9.52. The molecule has 0 aliphatic rings. The van der Waals surface area contributed by atoms with Crippen LogP contribution in [0.15, 0.2) is 33.3 Å². The molecule has 4 nitrogen and oxygen atoms in total. The zero-order valence-corrected chi connectivity index (χ0v) is 13.8. The lowest BCUT2D eigenvalue weighted by molar-refractivity contribution is 0.286. The van der Waals surface area contributed by atoms with Crippen molar-refractivity contribution in [3.05, 3.63) is 34.6 Å². The van der Waals surface area contributed by atoms with Gasteiger partial charge in [0.1, 0.15) is 0 Å². The molecule has 1 N–H and O–H groups in total. The second-order valence-electron chi connectivity index (χ2n) is 5.31. The van der Waals surface area contributed by atoms with Crippen LogP contribution >= 0.6 is 15.9 Å². The first kappa shape index (κ1) is 15.2. The van der Waals surface area contributed by atoms with Crippen molar-refractivity contribution >= 4 is 15.9 Å². The van der Waals surface area contributed by atoms with Crippen LogP contribution in [0.2, 0.25) is 0 Å². The van der Waals surface area contributed by atoms with Crippen molar-refractivity contribution in [3.8, 4) is 11.4 Å². The second kappa shape index (κ2) is 6.50. The van der Waals surface area contributed by atoms with E-state index in [1.807, 2.05) is 31.3 Å². The first-order valence-electron chi connectivity index (χ1n) is 6.79. The number of halogens is 1. The summed E-state index contributed by atoms with van der Waals surface area (Å²) >= 11 is 3.42. The maximum Gasteiger partial charge on any atom is 0.231 e. The number of hydrogen-bond acceptors (Lipinski definition) is 4. The van der Waals surface area contributed by atoms with Crippen LogP contribution in [0.4, 0.5) is 0 Å². The molecule has 2 atom stereocenters. The molecule has 2 rings (SSSR count). The zero-order valence-electron chi connectivity index (χ0n) is 12.2. The van der Waals surface area contributed by atoms with Crippen LogP contribution in [0.5, 0.6) is 0 Å². The Morgan fingerprint density at radius 2 is 1.80 bits per heavy atom. The quantitative estimate of drug-likeness (QED) is 0.900. The number of hydrogen-bond donors (Lipinski definition) is 1. The maximum absolute atomic E-state index is 5.48. The molecule has 0 saturated heterocycles. The van der Waals surface area contributed by atoms with Gasteiger partial charge >= 0.3 is 0 Å². The van der Waals surface area contributed by atoms with Crippen LogP contribution in [0.25, 0.3) is 11.4 Å². The molecule has 1 aromatic carbocycles. The van der Waals surface area contributed by atoms with Gasteiger partial charge in [0.15, 0.2) is 0 Å². The van der Waals surface area contributed by atoms with Crippen molar-refractivity contribution in [3.63, 3.8) is 0 Å². The maximum atomic E-state index is 5.48. The smallest absolute Gasteiger partial charge is 0.231 e. The van der Waals surface area contributed by atoms with E-state index in [-0.39, 0.29) is 12.0 Å². The molecule has 1 aromatic heterocycles. The normalized spacial score (nSPS) is 14.5. The Hall–Kier alpha value is -1.20. The molecule has 0 aliphatic heterocycles. The minimum Gasteiger partial charge on any atom is -0.339 e. The van der Waals surface area contributed by atoms with Gasteiger partial charge in [-0.1, -0.05) is 34.9 Å². The number of benzene rings is 1. The number of nitrogens with zero attached hydrogens (tertiary/aromatic N) is 2. The molecule has 0 amide bonds. The topological polar surface area (TPSA) is 51.0 Å². The summed E-state index contributed by atoms with van der Waals surface area (Å²) in [6.45, 7) is 6.47. The lowest BCUT2D eigenvalue weighted by Crippen LogP contribution is -2.32. The lowest BCUT2D eigenvalue weighted by atomic mass is 9.89. The molecule has 0 aliphatic carbocycles. The van der Waals surface area contributed by atoms with E-state index in [1.54, 1.807) is 0 Å². The van der Waals surface area contributed by atoms with Gasteiger partial charge in [0.05, 0.1) is 5.92 Å². The number of rotatable bonds is 5. The highest BCUT2D eigenvalue weighted by Crippen LogP contribution is 2.28. The van der Waals surface area contributed by atoms with Gasteiger partial charge in [-0.3, -0.25) is 0 Å². The highest BCUT2D eigenvalue weighted by Gasteiger charge is 2.27. The van der Waals surface area contributed by atoms with Crippen molar-refractivity contribution in [2.45, 2.75) is 32.7 Å². The van der Waals surface area contributed by atoms with Crippen molar-refractivity contribution in [2.24, 2.45) is 5.92 Å². The molecule has 1 heterocycles. The third-order valence-corrected chi connectivity index (χ3v) is 4.07. The van der Waals surface area contributed by atoms with Crippen LogP contribution in [0.1, 0.15) is 32.6 Å². The van der Waals surface area contributed by atoms with E-state index in [2.05, 4.69) is 52.2 Å². The number of aromatic nitrogens is 2. The molecule has 2 aromatic rings. The van der Waals surface area contributed by atoms with Gasteiger partial charge in [-0.15, -0.1) is 0 Å². The Bertz CT molecular complexity index is 551. The zero-order chi connectivity index (χ0) is 14.7. The Morgan fingerprint density at radius 1 is 1.15 bits per heavy atom. The molecule has 0 fully saturated rings. The van der Waals surface area contributed by atoms with Gasteiger partial charge in [-0.05, 0) is 44.2 Å². The van der Waals surface area contributed by atoms with Crippen molar-refractivity contribution in [2.75, 3.05) is 7.05 Å². The van der Waals surface area contributed by atoms with E-state index in [0.29, 0.717) is 17.6 Å². The SMILES string of the molecule is CNC(C)C(c1nc(-c2ccc(Br)cc2)no1)C(C)C. The van der Waals surface area contributed by atoms with E-state index < -0.39 is 0 Å². The Balaban J connectivity index is 2.29. The summed E-state index contributed by atoms with van der Waals surface area (Å²) in [4.78, 5) is 4.57. The molecule has 108 valence electrons. The minimum atomic E-state index is 0.205. The average Bonchev–Trinajstić information content (AvgIpc) is 2.88. The molecular weight excluding hydrogens is 318 g/mol. The molecule has 0 bridgehead atoms. The van der Waals surface area contributed by atoms with E-state index in [0.717, 1.165) is 10.0 Å². The monoisotopic (exact) mass is 337 g/mol. The number of nitrogens with one attached hydrogen (secondary N) is 1. The summed E-state index contributed by atoms with van der Waals surface area (Å²) < 4.78 is 6.52. The van der Waals surface area contributed by atoms with Crippen molar-refractivity contribution in [1.82, 2.24) is 15.5 Å². The summed E-state index contributed by atoms with van der Waals surface area (Å²) in [6, 6.07) is 8.19. The Labute approximate surface area is 128 Å². The fourth-order valence-corrected chi connectivity index (χ4v) is 2.61. The van der Waals surface area contributed by atoms with Gasteiger partial charge in [-0.2, -0.15) is 4.98 Å². The molecule has 0 spiro atoms. The van der Waals surface area contributed by atoms with E-state index >= 15 is 0 Å².